The van der Waals surface area contributed by atoms with E-state index < -0.39 is 0 Å². The number of nitrogens with zero attached hydrogens (tertiary/aromatic N) is 2. The van der Waals surface area contributed by atoms with E-state index in [9.17, 15) is 0 Å². The molecule has 1 atom stereocenters. The van der Waals surface area contributed by atoms with Gasteiger partial charge < -0.3 is 10.6 Å². The fourth-order valence-corrected chi connectivity index (χ4v) is 2.04. The maximum Gasteiger partial charge on any atom is 0.222 e. The maximum absolute atomic E-state index is 4.33. The fraction of sp³-hybridized carbons (Fsp3) is 0.692. The van der Waals surface area contributed by atoms with Crippen LogP contribution in [0, 0.1) is 0 Å². The molecule has 4 heteroatoms. The van der Waals surface area contributed by atoms with Crippen LogP contribution < -0.4 is 10.6 Å². The number of aromatic nitrogens is 2. The lowest BCUT2D eigenvalue weighted by molar-refractivity contribution is 0.413. The molecule has 1 aliphatic rings. The van der Waals surface area contributed by atoms with Crippen LogP contribution in [-0.2, 0) is 0 Å². The van der Waals surface area contributed by atoms with Crippen molar-refractivity contribution < 1.29 is 0 Å². The molecule has 1 aliphatic heterocycles. The van der Waals surface area contributed by atoms with E-state index in [1.165, 1.54) is 24.8 Å². The van der Waals surface area contributed by atoms with Gasteiger partial charge in [-0.15, -0.1) is 0 Å². The summed E-state index contributed by atoms with van der Waals surface area (Å²) in [5.41, 5.74) is 1.19. The molecular weight excluding hydrogens is 212 g/mol. The Bertz CT molecular complexity index is 328. The molecule has 1 aromatic heterocycles. The highest BCUT2D eigenvalue weighted by Gasteiger charge is 2.12. The van der Waals surface area contributed by atoms with Crippen molar-refractivity contribution >= 4 is 5.95 Å². The van der Waals surface area contributed by atoms with E-state index in [4.69, 9.17) is 0 Å². The van der Waals surface area contributed by atoms with Crippen LogP contribution in [0.4, 0.5) is 5.95 Å². The molecule has 1 unspecified atom stereocenters. The van der Waals surface area contributed by atoms with E-state index in [1.54, 1.807) is 0 Å². The number of piperidine rings is 1. The topological polar surface area (TPSA) is 49.8 Å². The monoisotopic (exact) mass is 234 g/mol. The molecule has 1 aromatic rings. The lowest BCUT2D eigenvalue weighted by Crippen LogP contribution is -2.39. The Hall–Kier alpha value is -1.16. The van der Waals surface area contributed by atoms with Gasteiger partial charge in [0.1, 0.15) is 0 Å². The van der Waals surface area contributed by atoms with Gasteiger partial charge in [-0.25, -0.2) is 9.97 Å². The second-order valence-corrected chi connectivity index (χ2v) is 5.02. The average molecular weight is 234 g/mol. The van der Waals surface area contributed by atoms with Gasteiger partial charge in [0.05, 0.1) is 0 Å². The summed E-state index contributed by atoms with van der Waals surface area (Å²) < 4.78 is 0. The van der Waals surface area contributed by atoms with Crippen LogP contribution in [0.5, 0.6) is 0 Å². The Kier molecular flexibility index (Phi) is 4.31. The van der Waals surface area contributed by atoms with Crippen molar-refractivity contribution in [2.75, 3.05) is 18.4 Å². The van der Waals surface area contributed by atoms with Crippen molar-refractivity contribution in [1.29, 1.82) is 0 Å². The summed E-state index contributed by atoms with van der Waals surface area (Å²) in [4.78, 5) is 8.67. The van der Waals surface area contributed by atoms with Crippen LogP contribution in [0.1, 0.15) is 44.6 Å². The third-order valence-corrected chi connectivity index (χ3v) is 3.26. The lowest BCUT2D eigenvalue weighted by atomic mass is 10.1. The predicted octanol–water partition coefficient (Wildman–Crippen LogP) is 2.15. The van der Waals surface area contributed by atoms with Gasteiger partial charge in [-0.2, -0.15) is 0 Å². The van der Waals surface area contributed by atoms with E-state index in [1.807, 2.05) is 12.4 Å². The van der Waals surface area contributed by atoms with Crippen LogP contribution >= 0.6 is 0 Å². The Morgan fingerprint density at radius 3 is 2.71 bits per heavy atom. The van der Waals surface area contributed by atoms with Crippen LogP contribution in [0.2, 0.25) is 0 Å². The zero-order valence-corrected chi connectivity index (χ0v) is 10.7. The van der Waals surface area contributed by atoms with Crippen molar-refractivity contribution in [3.05, 3.63) is 18.0 Å². The summed E-state index contributed by atoms with van der Waals surface area (Å²) in [6.07, 6.45) is 7.70. The molecule has 0 amide bonds. The zero-order chi connectivity index (χ0) is 12.1. The standard InChI is InChI=1S/C13H22N4/c1-10(2)11-7-15-13(16-8-11)17-9-12-5-3-4-6-14-12/h7-8,10,12,14H,3-6,9H2,1-2H3,(H,15,16,17). The molecule has 1 fully saturated rings. The smallest absolute Gasteiger partial charge is 0.222 e. The lowest BCUT2D eigenvalue weighted by Gasteiger charge is -2.23. The van der Waals surface area contributed by atoms with Gasteiger partial charge in [0, 0.05) is 25.0 Å². The largest absolute Gasteiger partial charge is 0.353 e. The summed E-state index contributed by atoms with van der Waals surface area (Å²) in [6, 6.07) is 0.567. The van der Waals surface area contributed by atoms with Crippen molar-refractivity contribution in [3.63, 3.8) is 0 Å². The molecule has 2 rings (SSSR count). The van der Waals surface area contributed by atoms with Gasteiger partial charge in [0.25, 0.3) is 0 Å². The molecule has 17 heavy (non-hydrogen) atoms. The molecule has 2 N–H and O–H groups in total. The second kappa shape index (κ2) is 5.96. The number of anilines is 1. The van der Waals surface area contributed by atoms with Crippen molar-refractivity contribution in [2.45, 2.75) is 45.1 Å². The molecule has 94 valence electrons. The summed E-state index contributed by atoms with van der Waals surface area (Å²) >= 11 is 0. The average Bonchev–Trinajstić information content (AvgIpc) is 2.38. The molecule has 0 aromatic carbocycles. The highest BCUT2D eigenvalue weighted by molar-refractivity contribution is 5.25. The van der Waals surface area contributed by atoms with E-state index in [2.05, 4.69) is 34.4 Å². The molecule has 0 spiro atoms. The third kappa shape index (κ3) is 3.66. The third-order valence-electron chi connectivity index (χ3n) is 3.26. The summed E-state index contributed by atoms with van der Waals surface area (Å²) in [5, 5.41) is 6.80. The molecule has 0 aliphatic carbocycles. The summed E-state index contributed by atoms with van der Waals surface area (Å²) in [7, 11) is 0. The quantitative estimate of drug-likeness (QED) is 0.838. The molecule has 4 nitrogen and oxygen atoms in total. The first-order valence-corrected chi connectivity index (χ1v) is 6.55. The Morgan fingerprint density at radius 2 is 2.12 bits per heavy atom. The van der Waals surface area contributed by atoms with Gasteiger partial charge in [0.2, 0.25) is 5.95 Å². The van der Waals surface area contributed by atoms with Crippen molar-refractivity contribution in [3.8, 4) is 0 Å². The number of rotatable bonds is 4. The van der Waals surface area contributed by atoms with E-state index in [0.29, 0.717) is 12.0 Å². The van der Waals surface area contributed by atoms with Crippen LogP contribution in [0.15, 0.2) is 12.4 Å². The normalized spacial score (nSPS) is 20.5. The number of hydrogen-bond acceptors (Lipinski definition) is 4. The van der Waals surface area contributed by atoms with E-state index in [0.717, 1.165) is 19.0 Å². The minimum Gasteiger partial charge on any atom is -0.353 e. The van der Waals surface area contributed by atoms with Crippen LogP contribution in [0.3, 0.4) is 0 Å². The molecule has 0 saturated carbocycles. The van der Waals surface area contributed by atoms with Crippen molar-refractivity contribution in [1.82, 2.24) is 15.3 Å². The van der Waals surface area contributed by atoms with Gasteiger partial charge in [-0.05, 0) is 30.9 Å². The number of nitrogens with one attached hydrogen (secondary N) is 2. The SMILES string of the molecule is CC(C)c1cnc(NCC2CCCCN2)nc1. The predicted molar refractivity (Wildman–Crippen MR) is 70.3 cm³/mol. The Morgan fingerprint density at radius 1 is 1.35 bits per heavy atom. The summed E-state index contributed by atoms with van der Waals surface area (Å²) in [6.45, 7) is 6.36. The minimum absolute atomic E-state index is 0.490. The van der Waals surface area contributed by atoms with Gasteiger partial charge in [0.15, 0.2) is 0 Å². The first-order chi connectivity index (χ1) is 8.25. The highest BCUT2D eigenvalue weighted by Crippen LogP contribution is 2.12. The Labute approximate surface area is 103 Å². The molecule has 1 saturated heterocycles. The van der Waals surface area contributed by atoms with Gasteiger partial charge in [-0.3, -0.25) is 0 Å². The first kappa shape index (κ1) is 12.3. The highest BCUT2D eigenvalue weighted by atomic mass is 15.1. The molecular formula is C13H22N4. The molecule has 2 heterocycles. The van der Waals surface area contributed by atoms with Crippen LogP contribution in [0.25, 0.3) is 0 Å². The van der Waals surface area contributed by atoms with Crippen LogP contribution in [-0.4, -0.2) is 29.1 Å². The number of hydrogen-bond donors (Lipinski definition) is 2. The van der Waals surface area contributed by atoms with Gasteiger partial charge >= 0.3 is 0 Å². The maximum atomic E-state index is 4.33. The van der Waals surface area contributed by atoms with Crippen molar-refractivity contribution in [2.24, 2.45) is 0 Å². The second-order valence-electron chi connectivity index (χ2n) is 5.02. The minimum atomic E-state index is 0.490. The zero-order valence-electron chi connectivity index (χ0n) is 10.7. The fourth-order valence-electron chi connectivity index (χ4n) is 2.04. The molecule has 0 bridgehead atoms. The van der Waals surface area contributed by atoms with Gasteiger partial charge in [-0.1, -0.05) is 20.3 Å². The Balaban J connectivity index is 1.82. The van der Waals surface area contributed by atoms with E-state index >= 15 is 0 Å². The summed E-state index contributed by atoms with van der Waals surface area (Å²) in [5.74, 6) is 1.23. The van der Waals surface area contributed by atoms with E-state index in [-0.39, 0.29) is 0 Å². The first-order valence-electron chi connectivity index (χ1n) is 6.55. The molecule has 0 radical (unpaired) electrons.